The first-order valence-electron chi connectivity index (χ1n) is 9.30. The predicted octanol–water partition coefficient (Wildman–Crippen LogP) is 6.21. The third-order valence-corrected chi connectivity index (χ3v) is 5.04. The molecule has 1 amide bonds. The predicted molar refractivity (Wildman–Crippen MR) is 102 cm³/mol. The molecule has 0 spiro atoms. The fraction of sp³-hybridized carbons (Fsp3) is 0.227. The third-order valence-electron chi connectivity index (χ3n) is 5.04. The molecule has 4 rings (SSSR count). The second kappa shape index (κ2) is 7.47. The van der Waals surface area contributed by atoms with Crippen molar-refractivity contribution in [3.8, 4) is 5.75 Å². The van der Waals surface area contributed by atoms with Crippen LogP contribution in [0.5, 0.6) is 5.75 Å². The fourth-order valence-electron chi connectivity index (χ4n) is 3.55. The van der Waals surface area contributed by atoms with Crippen LogP contribution in [0.4, 0.5) is 32.0 Å². The number of halogens is 6. The molecule has 3 aromatic rings. The van der Waals surface area contributed by atoms with Gasteiger partial charge < -0.3 is 10.1 Å². The van der Waals surface area contributed by atoms with Crippen LogP contribution in [0.1, 0.15) is 23.1 Å². The second-order valence-electron chi connectivity index (χ2n) is 7.20. The summed E-state index contributed by atoms with van der Waals surface area (Å²) in [5, 5.41) is 3.81. The highest BCUT2D eigenvalue weighted by atomic mass is 19.4. The zero-order valence-corrected chi connectivity index (χ0v) is 15.8. The smallest absolute Gasteiger partial charge is 0.416 e. The average Bonchev–Trinajstić information content (AvgIpc) is 2.71. The van der Waals surface area contributed by atoms with Crippen molar-refractivity contribution < 1.29 is 35.9 Å². The van der Waals surface area contributed by atoms with Crippen LogP contribution in [-0.4, -0.2) is 12.0 Å². The first-order valence-corrected chi connectivity index (χ1v) is 9.30. The maximum atomic E-state index is 13.0. The van der Waals surface area contributed by atoms with E-state index in [0.717, 1.165) is 16.3 Å². The largest absolute Gasteiger partial charge is 0.480 e. The molecule has 9 heteroatoms. The van der Waals surface area contributed by atoms with E-state index in [2.05, 4.69) is 5.32 Å². The van der Waals surface area contributed by atoms with Gasteiger partial charge in [0.15, 0.2) is 6.10 Å². The molecule has 162 valence electrons. The fourth-order valence-corrected chi connectivity index (χ4v) is 3.55. The van der Waals surface area contributed by atoms with E-state index >= 15 is 0 Å². The average molecular weight is 439 g/mol. The number of anilines is 1. The number of aryl methyl sites for hydroxylation is 1. The number of carbonyl (C=O) groups is 1. The summed E-state index contributed by atoms with van der Waals surface area (Å²) in [6.07, 6.45) is -10.3. The Bertz CT molecular complexity index is 1120. The summed E-state index contributed by atoms with van der Waals surface area (Å²) in [6.45, 7) is 0. The molecule has 3 aromatic carbocycles. The SMILES string of the molecule is O=C(Nc1cc(C(F)(F)F)cc(C(F)(F)F)c1)C1CCc2ccc3ccccc3c2O1. The van der Waals surface area contributed by atoms with Crippen LogP contribution in [0, 0.1) is 0 Å². The standard InChI is InChI=1S/C22H15F6NO2/c23-21(24,25)14-9-15(22(26,27)28)11-16(10-14)29-20(30)18-8-7-13-6-5-12-3-1-2-4-17(12)19(13)31-18/h1-6,9-11,18H,7-8H2,(H,29,30). The Labute approximate surface area is 172 Å². The van der Waals surface area contributed by atoms with Crippen LogP contribution in [0.25, 0.3) is 10.8 Å². The van der Waals surface area contributed by atoms with Gasteiger partial charge in [-0.25, -0.2) is 0 Å². The lowest BCUT2D eigenvalue weighted by Gasteiger charge is -2.26. The highest BCUT2D eigenvalue weighted by Crippen LogP contribution is 2.38. The van der Waals surface area contributed by atoms with Crippen molar-refractivity contribution in [2.24, 2.45) is 0 Å². The molecule has 31 heavy (non-hydrogen) atoms. The number of hydrogen-bond acceptors (Lipinski definition) is 2. The van der Waals surface area contributed by atoms with Crippen molar-refractivity contribution in [2.75, 3.05) is 5.32 Å². The van der Waals surface area contributed by atoms with Crippen molar-refractivity contribution >= 4 is 22.4 Å². The third kappa shape index (κ3) is 4.30. The number of rotatable bonds is 2. The molecule has 0 radical (unpaired) electrons. The Kier molecular flexibility index (Phi) is 5.07. The van der Waals surface area contributed by atoms with Crippen LogP contribution >= 0.6 is 0 Å². The highest BCUT2D eigenvalue weighted by Gasteiger charge is 2.37. The summed E-state index contributed by atoms with van der Waals surface area (Å²) in [7, 11) is 0. The minimum atomic E-state index is -5.00. The van der Waals surface area contributed by atoms with Gasteiger partial charge in [0, 0.05) is 11.1 Å². The first-order chi connectivity index (χ1) is 14.5. The number of benzene rings is 3. The molecule has 3 nitrogen and oxygen atoms in total. The Morgan fingerprint density at radius 1 is 0.903 bits per heavy atom. The van der Waals surface area contributed by atoms with Gasteiger partial charge in [-0.05, 0) is 42.0 Å². The lowest BCUT2D eigenvalue weighted by molar-refractivity contribution is -0.143. The lowest BCUT2D eigenvalue weighted by atomic mass is 9.97. The van der Waals surface area contributed by atoms with Gasteiger partial charge in [-0.2, -0.15) is 26.3 Å². The highest BCUT2D eigenvalue weighted by molar-refractivity contribution is 5.96. The van der Waals surface area contributed by atoms with Crippen LogP contribution < -0.4 is 10.1 Å². The Morgan fingerprint density at radius 3 is 2.19 bits per heavy atom. The first kappa shape index (κ1) is 21.0. The molecular formula is C22H15F6NO2. The molecule has 0 fully saturated rings. The number of amides is 1. The number of nitrogens with one attached hydrogen (secondary N) is 1. The minimum Gasteiger partial charge on any atom is -0.480 e. The summed E-state index contributed by atoms with van der Waals surface area (Å²) >= 11 is 0. The molecule has 0 aliphatic carbocycles. The van der Waals surface area contributed by atoms with Gasteiger partial charge in [0.2, 0.25) is 0 Å². The molecule has 1 atom stereocenters. The van der Waals surface area contributed by atoms with E-state index in [1.54, 1.807) is 6.07 Å². The molecule has 1 heterocycles. The zero-order chi connectivity index (χ0) is 22.4. The molecule has 0 saturated carbocycles. The van der Waals surface area contributed by atoms with Gasteiger partial charge in [-0.15, -0.1) is 0 Å². The number of carbonyl (C=O) groups excluding carboxylic acids is 1. The van der Waals surface area contributed by atoms with Crippen LogP contribution in [0.3, 0.4) is 0 Å². The maximum Gasteiger partial charge on any atom is 0.416 e. The quantitative estimate of drug-likeness (QED) is 0.482. The van der Waals surface area contributed by atoms with Crippen LogP contribution in [-0.2, 0) is 23.6 Å². The maximum absolute atomic E-state index is 13.0. The minimum absolute atomic E-state index is 0.00908. The number of fused-ring (bicyclic) bond motifs is 3. The van der Waals surface area contributed by atoms with E-state index in [0.29, 0.717) is 24.3 Å². The van der Waals surface area contributed by atoms with E-state index in [1.165, 1.54) is 0 Å². The number of ether oxygens (including phenoxy) is 1. The van der Waals surface area contributed by atoms with Gasteiger partial charge >= 0.3 is 12.4 Å². The van der Waals surface area contributed by atoms with Gasteiger partial charge in [0.05, 0.1) is 11.1 Å². The molecule has 1 aliphatic heterocycles. The summed E-state index contributed by atoms with van der Waals surface area (Å²) in [4.78, 5) is 12.6. The van der Waals surface area contributed by atoms with Crippen molar-refractivity contribution in [1.82, 2.24) is 0 Å². The van der Waals surface area contributed by atoms with Gasteiger partial charge in [0.1, 0.15) is 5.75 Å². The van der Waals surface area contributed by atoms with Crippen LogP contribution in [0.15, 0.2) is 54.6 Å². The van der Waals surface area contributed by atoms with E-state index in [-0.39, 0.29) is 12.5 Å². The summed E-state index contributed by atoms with van der Waals surface area (Å²) in [5.74, 6) is -0.324. The number of hydrogen-bond donors (Lipinski definition) is 1. The Balaban J connectivity index is 1.61. The number of alkyl halides is 6. The van der Waals surface area contributed by atoms with E-state index < -0.39 is 41.2 Å². The lowest BCUT2D eigenvalue weighted by Crippen LogP contribution is -2.36. The van der Waals surface area contributed by atoms with Crippen molar-refractivity contribution in [2.45, 2.75) is 31.3 Å². The molecule has 0 bridgehead atoms. The van der Waals surface area contributed by atoms with Crippen molar-refractivity contribution in [3.63, 3.8) is 0 Å². The van der Waals surface area contributed by atoms with Gasteiger partial charge in [-0.3, -0.25) is 4.79 Å². The van der Waals surface area contributed by atoms with Crippen LogP contribution in [0.2, 0.25) is 0 Å². The van der Waals surface area contributed by atoms with Crippen molar-refractivity contribution in [3.05, 3.63) is 71.3 Å². The monoisotopic (exact) mass is 439 g/mol. The molecule has 0 aromatic heterocycles. The summed E-state index contributed by atoms with van der Waals surface area (Å²) in [6, 6.07) is 12.1. The molecular weight excluding hydrogens is 424 g/mol. The van der Waals surface area contributed by atoms with Gasteiger partial charge in [0.25, 0.3) is 5.91 Å². The molecule has 0 saturated heterocycles. The van der Waals surface area contributed by atoms with Gasteiger partial charge in [-0.1, -0.05) is 36.4 Å². The summed E-state index contributed by atoms with van der Waals surface area (Å²) in [5.41, 5.74) is -2.72. The molecule has 1 N–H and O–H groups in total. The Hall–Kier alpha value is -3.23. The van der Waals surface area contributed by atoms with E-state index in [1.807, 2.05) is 30.3 Å². The van der Waals surface area contributed by atoms with Crippen molar-refractivity contribution in [1.29, 1.82) is 0 Å². The van der Waals surface area contributed by atoms with E-state index in [9.17, 15) is 31.1 Å². The summed E-state index contributed by atoms with van der Waals surface area (Å²) < 4.78 is 84.0. The second-order valence-corrected chi connectivity index (χ2v) is 7.20. The van der Waals surface area contributed by atoms with E-state index in [4.69, 9.17) is 4.74 Å². The zero-order valence-electron chi connectivity index (χ0n) is 15.8. The molecule has 1 unspecified atom stereocenters. The Morgan fingerprint density at radius 2 is 1.55 bits per heavy atom. The topological polar surface area (TPSA) is 38.3 Å². The normalized spacial score (nSPS) is 16.5. The molecule has 1 aliphatic rings.